The predicted molar refractivity (Wildman–Crippen MR) is 92.7 cm³/mol. The number of nitrogens with zero attached hydrogens (tertiary/aromatic N) is 1. The minimum absolute atomic E-state index is 0. The lowest BCUT2D eigenvalue weighted by Crippen LogP contribution is -2.52. The average molecular weight is 323 g/mol. The molecular formula is C18H27ClN2O. The molecule has 1 saturated heterocycles. The van der Waals surface area contributed by atoms with Crippen molar-refractivity contribution >= 4 is 18.3 Å². The first-order valence-corrected chi connectivity index (χ1v) is 8.19. The van der Waals surface area contributed by atoms with E-state index < -0.39 is 0 Å². The molecule has 0 aromatic heterocycles. The summed E-state index contributed by atoms with van der Waals surface area (Å²) >= 11 is 0. The Kier molecular flexibility index (Phi) is 5.51. The largest absolute Gasteiger partial charge is 0.337 e. The van der Waals surface area contributed by atoms with Gasteiger partial charge in [0.1, 0.15) is 0 Å². The molecule has 0 bridgehead atoms. The molecule has 1 aliphatic heterocycles. The fourth-order valence-corrected chi connectivity index (χ4v) is 3.35. The van der Waals surface area contributed by atoms with Crippen LogP contribution in [0.2, 0.25) is 0 Å². The molecule has 1 amide bonds. The van der Waals surface area contributed by atoms with E-state index in [4.69, 9.17) is 0 Å². The molecule has 1 N–H and O–H groups in total. The van der Waals surface area contributed by atoms with Gasteiger partial charge in [-0.05, 0) is 36.3 Å². The summed E-state index contributed by atoms with van der Waals surface area (Å²) in [5.74, 6) is 1.59. The van der Waals surface area contributed by atoms with E-state index in [2.05, 4.69) is 55.3 Å². The zero-order valence-electron chi connectivity index (χ0n) is 13.7. The molecule has 1 heterocycles. The van der Waals surface area contributed by atoms with Gasteiger partial charge >= 0.3 is 0 Å². The van der Waals surface area contributed by atoms with Crippen molar-refractivity contribution in [2.75, 3.05) is 19.6 Å². The van der Waals surface area contributed by atoms with Crippen LogP contribution >= 0.6 is 12.4 Å². The van der Waals surface area contributed by atoms with E-state index in [9.17, 15) is 4.79 Å². The molecule has 122 valence electrons. The number of benzene rings is 1. The van der Waals surface area contributed by atoms with E-state index in [-0.39, 0.29) is 18.3 Å². The second-order valence-electron chi connectivity index (χ2n) is 6.85. The van der Waals surface area contributed by atoms with Crippen molar-refractivity contribution in [3.8, 4) is 0 Å². The van der Waals surface area contributed by atoms with Crippen LogP contribution in [0.3, 0.4) is 0 Å². The van der Waals surface area contributed by atoms with Crippen LogP contribution in [0.4, 0.5) is 0 Å². The van der Waals surface area contributed by atoms with Gasteiger partial charge in [-0.2, -0.15) is 0 Å². The average Bonchev–Trinajstić information content (AvgIpc) is 3.27. The van der Waals surface area contributed by atoms with Crippen molar-refractivity contribution in [2.24, 2.45) is 5.92 Å². The van der Waals surface area contributed by atoms with Gasteiger partial charge in [0.15, 0.2) is 0 Å². The lowest BCUT2D eigenvalue weighted by Gasteiger charge is -2.34. The lowest BCUT2D eigenvalue weighted by molar-refractivity contribution is -0.135. The Hall–Kier alpha value is -1.06. The van der Waals surface area contributed by atoms with Crippen LogP contribution in [0.25, 0.3) is 0 Å². The standard InChI is InChI=1S/C18H26N2O.ClH/c1-12(2)14-4-6-15(7-5-14)16-10-17(16)18(21)20-9-8-19-11-13(20)3;/h4-7,12-13,16-17,19H,8-11H2,1-3H3;1H/t13-,16?,17?;/m1./s1. The third kappa shape index (κ3) is 3.47. The number of carbonyl (C=O) groups excluding carboxylic acids is 1. The number of nitrogens with one attached hydrogen (secondary N) is 1. The van der Waals surface area contributed by atoms with Crippen LogP contribution in [0.5, 0.6) is 0 Å². The smallest absolute Gasteiger partial charge is 0.226 e. The maximum Gasteiger partial charge on any atom is 0.226 e. The summed E-state index contributed by atoms with van der Waals surface area (Å²) in [5.41, 5.74) is 2.71. The third-order valence-electron chi connectivity index (χ3n) is 4.92. The molecule has 3 nitrogen and oxygen atoms in total. The van der Waals surface area contributed by atoms with Crippen LogP contribution in [0.1, 0.15) is 50.2 Å². The van der Waals surface area contributed by atoms with E-state index in [0.29, 0.717) is 23.8 Å². The van der Waals surface area contributed by atoms with Crippen molar-refractivity contribution in [1.29, 1.82) is 0 Å². The minimum Gasteiger partial charge on any atom is -0.337 e. The summed E-state index contributed by atoms with van der Waals surface area (Å²) in [6.45, 7) is 9.27. The molecule has 0 radical (unpaired) electrons. The summed E-state index contributed by atoms with van der Waals surface area (Å²) in [4.78, 5) is 14.7. The van der Waals surface area contributed by atoms with E-state index in [1.807, 2.05) is 0 Å². The normalized spacial score (nSPS) is 27.5. The minimum atomic E-state index is 0. The van der Waals surface area contributed by atoms with Gasteiger partial charge < -0.3 is 10.2 Å². The number of piperazine rings is 1. The Balaban J connectivity index is 0.00000176. The number of halogens is 1. The molecule has 2 unspecified atom stereocenters. The van der Waals surface area contributed by atoms with Gasteiger partial charge in [0, 0.05) is 31.6 Å². The van der Waals surface area contributed by atoms with Crippen molar-refractivity contribution in [3.05, 3.63) is 35.4 Å². The molecule has 1 aromatic carbocycles. The maximum atomic E-state index is 12.6. The molecule has 22 heavy (non-hydrogen) atoms. The van der Waals surface area contributed by atoms with E-state index in [1.54, 1.807) is 0 Å². The Morgan fingerprint density at radius 1 is 1.27 bits per heavy atom. The predicted octanol–water partition coefficient (Wildman–Crippen LogP) is 3.16. The van der Waals surface area contributed by atoms with E-state index in [0.717, 1.165) is 26.1 Å². The first-order chi connectivity index (χ1) is 10.1. The van der Waals surface area contributed by atoms with Crippen LogP contribution in [-0.2, 0) is 4.79 Å². The Bertz CT molecular complexity index is 514. The second kappa shape index (κ2) is 7.01. The number of carbonyl (C=O) groups is 1. The number of amides is 1. The lowest BCUT2D eigenvalue weighted by atomic mass is 9.99. The van der Waals surface area contributed by atoms with E-state index >= 15 is 0 Å². The quantitative estimate of drug-likeness (QED) is 0.927. The number of hydrogen-bond donors (Lipinski definition) is 1. The summed E-state index contributed by atoms with van der Waals surface area (Å²) in [5, 5.41) is 3.34. The highest BCUT2D eigenvalue weighted by atomic mass is 35.5. The summed E-state index contributed by atoms with van der Waals surface area (Å²) in [6, 6.07) is 9.19. The molecule has 1 aromatic rings. The SMILES string of the molecule is CC(C)c1ccc(C2CC2C(=O)N2CCNC[C@H]2C)cc1.Cl. The number of rotatable bonds is 3. The van der Waals surface area contributed by atoms with Crippen molar-refractivity contribution in [2.45, 2.75) is 45.1 Å². The topological polar surface area (TPSA) is 32.3 Å². The Labute approximate surface area is 139 Å². The summed E-state index contributed by atoms with van der Waals surface area (Å²) < 4.78 is 0. The molecule has 0 spiro atoms. The van der Waals surface area contributed by atoms with Crippen LogP contribution < -0.4 is 5.32 Å². The third-order valence-corrected chi connectivity index (χ3v) is 4.92. The van der Waals surface area contributed by atoms with Gasteiger partial charge in [-0.25, -0.2) is 0 Å². The molecular weight excluding hydrogens is 296 g/mol. The molecule has 3 rings (SSSR count). The Morgan fingerprint density at radius 3 is 2.55 bits per heavy atom. The molecule has 2 aliphatic rings. The van der Waals surface area contributed by atoms with Gasteiger partial charge in [0.2, 0.25) is 5.91 Å². The van der Waals surface area contributed by atoms with Crippen LogP contribution in [0, 0.1) is 5.92 Å². The molecule has 3 atom stereocenters. The van der Waals surface area contributed by atoms with Crippen molar-refractivity contribution in [1.82, 2.24) is 10.2 Å². The van der Waals surface area contributed by atoms with Crippen molar-refractivity contribution < 1.29 is 4.79 Å². The van der Waals surface area contributed by atoms with E-state index in [1.165, 1.54) is 11.1 Å². The van der Waals surface area contributed by atoms with Crippen LogP contribution in [0.15, 0.2) is 24.3 Å². The highest BCUT2D eigenvalue weighted by Gasteiger charge is 2.46. The first-order valence-electron chi connectivity index (χ1n) is 8.19. The van der Waals surface area contributed by atoms with Gasteiger partial charge in [0.25, 0.3) is 0 Å². The zero-order chi connectivity index (χ0) is 15.0. The first kappa shape index (κ1) is 17.3. The van der Waals surface area contributed by atoms with Crippen LogP contribution in [-0.4, -0.2) is 36.5 Å². The number of hydrogen-bond acceptors (Lipinski definition) is 2. The monoisotopic (exact) mass is 322 g/mol. The second-order valence-corrected chi connectivity index (χ2v) is 6.85. The summed E-state index contributed by atoms with van der Waals surface area (Å²) in [6.07, 6.45) is 1.02. The zero-order valence-corrected chi connectivity index (χ0v) is 14.5. The fourth-order valence-electron chi connectivity index (χ4n) is 3.35. The van der Waals surface area contributed by atoms with Gasteiger partial charge in [0.05, 0.1) is 0 Å². The van der Waals surface area contributed by atoms with Crippen molar-refractivity contribution in [3.63, 3.8) is 0 Å². The molecule has 1 aliphatic carbocycles. The van der Waals surface area contributed by atoms with Gasteiger partial charge in [-0.1, -0.05) is 38.1 Å². The molecule has 2 fully saturated rings. The van der Waals surface area contributed by atoms with Gasteiger partial charge in [-0.15, -0.1) is 12.4 Å². The van der Waals surface area contributed by atoms with Gasteiger partial charge in [-0.3, -0.25) is 4.79 Å². The molecule has 1 saturated carbocycles. The fraction of sp³-hybridized carbons (Fsp3) is 0.611. The Morgan fingerprint density at radius 2 is 1.95 bits per heavy atom. The highest BCUT2D eigenvalue weighted by Crippen LogP contribution is 2.48. The highest BCUT2D eigenvalue weighted by molar-refractivity contribution is 5.85. The maximum absolute atomic E-state index is 12.6. The molecule has 4 heteroatoms. The summed E-state index contributed by atoms with van der Waals surface area (Å²) in [7, 11) is 0.